The van der Waals surface area contributed by atoms with Crippen molar-refractivity contribution in [3.63, 3.8) is 0 Å². The average molecular weight is 279 g/mol. The van der Waals surface area contributed by atoms with Gasteiger partial charge in [-0.05, 0) is 56.6 Å². The van der Waals surface area contributed by atoms with Crippen LogP contribution < -0.4 is 10.1 Å². The van der Waals surface area contributed by atoms with Gasteiger partial charge in [-0.1, -0.05) is 12.1 Å². The van der Waals surface area contributed by atoms with Gasteiger partial charge in [0.1, 0.15) is 5.75 Å². The van der Waals surface area contributed by atoms with E-state index in [1.165, 1.54) is 24.8 Å². The molecule has 2 rings (SSSR count). The zero-order valence-corrected chi connectivity index (χ0v) is 13.1. The van der Waals surface area contributed by atoms with E-state index < -0.39 is 0 Å². The largest absolute Gasteiger partial charge is 0.497 e. The van der Waals surface area contributed by atoms with Crippen molar-refractivity contribution in [2.24, 2.45) is 0 Å². The Balaban J connectivity index is 1.69. The molecule has 1 N–H and O–H groups in total. The Labute approximate surface area is 121 Å². The Hall–Kier alpha value is -0.670. The molecule has 3 heteroatoms. The lowest BCUT2D eigenvalue weighted by Gasteiger charge is -2.18. The predicted molar refractivity (Wildman–Crippen MR) is 84.3 cm³/mol. The minimum Gasteiger partial charge on any atom is -0.497 e. The standard InChI is InChI=1S/C16H25NOS/c1-13(17-12-16(19-3)10-11-16)4-5-14-6-8-15(18-2)9-7-14/h6-9,13,17H,4-5,10-12H2,1-3H3. The topological polar surface area (TPSA) is 21.3 Å². The van der Waals surface area contributed by atoms with Crippen molar-refractivity contribution in [3.8, 4) is 5.75 Å². The molecular formula is C16H25NOS. The Kier molecular flexibility index (Phi) is 5.17. The maximum atomic E-state index is 5.18. The van der Waals surface area contributed by atoms with Crippen LogP contribution in [0.1, 0.15) is 31.7 Å². The molecule has 1 fully saturated rings. The number of nitrogens with one attached hydrogen (secondary N) is 1. The highest BCUT2D eigenvalue weighted by Crippen LogP contribution is 2.46. The smallest absolute Gasteiger partial charge is 0.118 e. The predicted octanol–water partition coefficient (Wildman–Crippen LogP) is 3.50. The van der Waals surface area contributed by atoms with E-state index in [0.717, 1.165) is 18.7 Å². The molecule has 1 saturated carbocycles. The summed E-state index contributed by atoms with van der Waals surface area (Å²) in [6.07, 6.45) is 7.32. The van der Waals surface area contributed by atoms with Crippen LogP contribution in [0.15, 0.2) is 24.3 Å². The summed E-state index contributed by atoms with van der Waals surface area (Å²) >= 11 is 2.02. The number of methoxy groups -OCH3 is 1. The summed E-state index contributed by atoms with van der Waals surface area (Å²) in [6, 6.07) is 9.00. The molecule has 1 atom stereocenters. The van der Waals surface area contributed by atoms with Gasteiger partial charge in [-0.2, -0.15) is 11.8 Å². The molecule has 1 aliphatic carbocycles. The van der Waals surface area contributed by atoms with Gasteiger partial charge in [0.15, 0.2) is 0 Å². The Morgan fingerprint density at radius 1 is 1.32 bits per heavy atom. The average Bonchev–Trinajstić information content (AvgIpc) is 3.24. The van der Waals surface area contributed by atoms with Crippen LogP contribution in [0.4, 0.5) is 0 Å². The molecule has 0 radical (unpaired) electrons. The van der Waals surface area contributed by atoms with Crippen LogP contribution in [0.3, 0.4) is 0 Å². The molecule has 0 saturated heterocycles. The van der Waals surface area contributed by atoms with E-state index in [4.69, 9.17) is 4.74 Å². The highest BCUT2D eigenvalue weighted by Gasteiger charge is 2.41. The number of benzene rings is 1. The molecule has 0 heterocycles. The summed E-state index contributed by atoms with van der Waals surface area (Å²) in [4.78, 5) is 0. The van der Waals surface area contributed by atoms with E-state index in [-0.39, 0.29) is 0 Å². The second kappa shape index (κ2) is 6.67. The molecule has 1 aromatic carbocycles. The van der Waals surface area contributed by atoms with Crippen LogP contribution in [0.2, 0.25) is 0 Å². The molecule has 0 bridgehead atoms. The lowest BCUT2D eigenvalue weighted by molar-refractivity contribution is 0.414. The first-order valence-corrected chi connectivity index (χ1v) is 8.31. The van der Waals surface area contributed by atoms with Crippen molar-refractivity contribution in [2.75, 3.05) is 19.9 Å². The Bertz CT molecular complexity index is 386. The highest BCUT2D eigenvalue weighted by atomic mass is 32.2. The van der Waals surface area contributed by atoms with Gasteiger partial charge < -0.3 is 10.1 Å². The Morgan fingerprint density at radius 2 is 2.00 bits per heavy atom. The van der Waals surface area contributed by atoms with Gasteiger partial charge in [-0.3, -0.25) is 0 Å². The van der Waals surface area contributed by atoms with E-state index in [1.54, 1.807) is 7.11 Å². The minimum absolute atomic E-state index is 0.564. The normalized spacial score (nSPS) is 18.1. The maximum Gasteiger partial charge on any atom is 0.118 e. The van der Waals surface area contributed by atoms with Crippen LogP contribution in [0.5, 0.6) is 5.75 Å². The van der Waals surface area contributed by atoms with Gasteiger partial charge >= 0.3 is 0 Å². The number of hydrogen-bond donors (Lipinski definition) is 1. The van der Waals surface area contributed by atoms with E-state index in [9.17, 15) is 0 Å². The summed E-state index contributed by atoms with van der Waals surface area (Å²) in [6.45, 7) is 3.46. The van der Waals surface area contributed by atoms with E-state index >= 15 is 0 Å². The summed E-state index contributed by atoms with van der Waals surface area (Å²) in [5.74, 6) is 0.936. The van der Waals surface area contributed by atoms with Gasteiger partial charge in [-0.15, -0.1) is 0 Å². The zero-order chi connectivity index (χ0) is 13.7. The quantitative estimate of drug-likeness (QED) is 0.787. The zero-order valence-electron chi connectivity index (χ0n) is 12.2. The Morgan fingerprint density at radius 3 is 2.53 bits per heavy atom. The lowest BCUT2D eigenvalue weighted by atomic mass is 10.1. The molecule has 1 unspecified atom stereocenters. The molecule has 106 valence electrons. The fourth-order valence-electron chi connectivity index (χ4n) is 2.23. The molecular weight excluding hydrogens is 254 g/mol. The van der Waals surface area contributed by atoms with Crippen molar-refractivity contribution in [3.05, 3.63) is 29.8 Å². The van der Waals surface area contributed by atoms with Crippen molar-refractivity contribution in [2.45, 2.75) is 43.4 Å². The molecule has 0 aliphatic heterocycles. The number of hydrogen-bond acceptors (Lipinski definition) is 3. The van der Waals surface area contributed by atoms with Crippen LogP contribution >= 0.6 is 11.8 Å². The first-order chi connectivity index (χ1) is 9.17. The summed E-state index contributed by atoms with van der Waals surface area (Å²) in [7, 11) is 1.71. The van der Waals surface area contributed by atoms with Crippen LogP contribution in [-0.2, 0) is 6.42 Å². The number of aryl methyl sites for hydroxylation is 1. The number of ether oxygens (including phenoxy) is 1. The van der Waals surface area contributed by atoms with Crippen LogP contribution in [-0.4, -0.2) is 30.7 Å². The SMILES string of the molecule is COc1ccc(CCC(C)NCC2(SC)CC2)cc1. The fourth-order valence-corrected chi connectivity index (χ4v) is 2.97. The molecule has 19 heavy (non-hydrogen) atoms. The number of thioether (sulfide) groups is 1. The molecule has 0 spiro atoms. The lowest BCUT2D eigenvalue weighted by Crippen LogP contribution is -2.33. The van der Waals surface area contributed by atoms with Crippen LogP contribution in [0.25, 0.3) is 0 Å². The second-order valence-corrected chi connectivity index (χ2v) is 6.83. The van der Waals surface area contributed by atoms with Crippen molar-refractivity contribution in [1.82, 2.24) is 5.32 Å². The highest BCUT2D eigenvalue weighted by molar-refractivity contribution is 8.00. The van der Waals surface area contributed by atoms with Crippen molar-refractivity contribution < 1.29 is 4.74 Å². The molecule has 1 aliphatic rings. The molecule has 0 amide bonds. The van der Waals surface area contributed by atoms with Gasteiger partial charge in [0.25, 0.3) is 0 Å². The minimum atomic E-state index is 0.564. The molecule has 2 nitrogen and oxygen atoms in total. The fraction of sp³-hybridized carbons (Fsp3) is 0.625. The third-order valence-electron chi connectivity index (χ3n) is 4.04. The maximum absolute atomic E-state index is 5.18. The first kappa shape index (κ1) is 14.7. The monoisotopic (exact) mass is 279 g/mol. The van der Waals surface area contributed by atoms with Crippen molar-refractivity contribution in [1.29, 1.82) is 0 Å². The van der Waals surface area contributed by atoms with Crippen LogP contribution in [0, 0.1) is 0 Å². The third-order valence-corrected chi connectivity index (χ3v) is 5.46. The summed E-state index contributed by atoms with van der Waals surface area (Å²) in [5.41, 5.74) is 1.39. The van der Waals surface area contributed by atoms with E-state index in [0.29, 0.717) is 10.8 Å². The van der Waals surface area contributed by atoms with Gasteiger partial charge in [0.05, 0.1) is 7.11 Å². The number of rotatable bonds is 8. The van der Waals surface area contributed by atoms with E-state index in [2.05, 4.69) is 30.6 Å². The van der Waals surface area contributed by atoms with Gasteiger partial charge in [0, 0.05) is 17.3 Å². The van der Waals surface area contributed by atoms with Gasteiger partial charge in [-0.25, -0.2) is 0 Å². The second-order valence-electron chi connectivity index (χ2n) is 5.56. The van der Waals surface area contributed by atoms with E-state index in [1.807, 2.05) is 23.9 Å². The van der Waals surface area contributed by atoms with Crippen molar-refractivity contribution >= 4 is 11.8 Å². The summed E-state index contributed by atoms with van der Waals surface area (Å²) < 4.78 is 5.74. The summed E-state index contributed by atoms with van der Waals surface area (Å²) in [5, 5.41) is 3.68. The third kappa shape index (κ3) is 4.43. The molecule has 0 aromatic heterocycles. The van der Waals surface area contributed by atoms with Gasteiger partial charge in [0.2, 0.25) is 0 Å². The first-order valence-electron chi connectivity index (χ1n) is 7.09. The molecule has 1 aromatic rings.